The molecule has 0 spiro atoms. The number of aromatic nitrogens is 4. The molecule has 1 amide bonds. The van der Waals surface area contributed by atoms with Gasteiger partial charge in [0.2, 0.25) is 0 Å². The van der Waals surface area contributed by atoms with Gasteiger partial charge in [-0.25, -0.2) is 9.67 Å². The second kappa shape index (κ2) is 8.38. The molecule has 30 heavy (non-hydrogen) atoms. The van der Waals surface area contributed by atoms with Gasteiger partial charge >= 0.3 is 0 Å². The lowest BCUT2D eigenvalue weighted by molar-refractivity contribution is 0.102. The normalized spacial score (nSPS) is 10.8. The van der Waals surface area contributed by atoms with Crippen LogP contribution in [-0.2, 0) is 6.61 Å². The maximum absolute atomic E-state index is 12.9. The van der Waals surface area contributed by atoms with Gasteiger partial charge in [-0.2, -0.15) is 5.10 Å². The molecule has 1 N–H and O–H groups in total. The zero-order valence-electron chi connectivity index (χ0n) is 16.3. The summed E-state index contributed by atoms with van der Waals surface area (Å²) in [5.74, 6) is 0.967. The van der Waals surface area contributed by atoms with Crippen LogP contribution in [0.5, 0.6) is 5.75 Å². The zero-order chi connectivity index (χ0) is 21.1. The number of carbonyl (C=O) groups excluding carboxylic acids is 1. The first-order valence-electron chi connectivity index (χ1n) is 9.12. The Hall–Kier alpha value is -3.65. The van der Waals surface area contributed by atoms with Gasteiger partial charge in [-0.3, -0.25) is 4.79 Å². The van der Waals surface area contributed by atoms with E-state index in [2.05, 4.69) is 20.6 Å². The molecule has 0 bridgehead atoms. The second-order valence-electron chi connectivity index (χ2n) is 6.57. The fraction of sp³-hybridized carbons (Fsp3) is 0.143. The molecule has 4 rings (SSSR count). The summed E-state index contributed by atoms with van der Waals surface area (Å²) in [6.07, 6.45) is 2.96. The average molecular weight is 424 g/mol. The molecule has 0 aliphatic carbocycles. The number of amides is 1. The van der Waals surface area contributed by atoms with E-state index in [0.29, 0.717) is 40.1 Å². The molecule has 9 heteroatoms. The van der Waals surface area contributed by atoms with Crippen molar-refractivity contribution in [2.45, 2.75) is 20.5 Å². The number of benzene rings is 2. The van der Waals surface area contributed by atoms with Crippen molar-refractivity contribution in [2.24, 2.45) is 0 Å². The predicted molar refractivity (Wildman–Crippen MR) is 111 cm³/mol. The Morgan fingerprint density at radius 3 is 2.83 bits per heavy atom. The molecule has 0 fully saturated rings. The highest BCUT2D eigenvalue weighted by Crippen LogP contribution is 2.25. The molecule has 0 atom stereocenters. The molecule has 152 valence electrons. The number of carbonyl (C=O) groups is 1. The number of nitrogens with one attached hydrogen (secondary N) is 1. The van der Waals surface area contributed by atoms with Crippen LogP contribution in [0, 0.1) is 13.8 Å². The van der Waals surface area contributed by atoms with E-state index in [-0.39, 0.29) is 5.91 Å². The summed E-state index contributed by atoms with van der Waals surface area (Å²) < 4.78 is 12.5. The molecule has 2 aromatic heterocycles. The van der Waals surface area contributed by atoms with Crippen LogP contribution in [0.2, 0.25) is 5.02 Å². The van der Waals surface area contributed by atoms with Crippen molar-refractivity contribution >= 4 is 23.2 Å². The summed E-state index contributed by atoms with van der Waals surface area (Å²) >= 11 is 6.12. The van der Waals surface area contributed by atoms with E-state index < -0.39 is 0 Å². The standard InChI is InChI=1S/C21H18ClN5O3/c1-13-18(14(2)30-26-13)10-29-17-5-3-4-15(8-17)21(28)25-19-9-16(22)6-7-20(19)27-12-23-11-24-27/h3-9,11-12H,10H2,1-2H3,(H,25,28). The van der Waals surface area contributed by atoms with Gasteiger partial charge in [0, 0.05) is 10.6 Å². The van der Waals surface area contributed by atoms with Crippen molar-refractivity contribution < 1.29 is 14.1 Å². The number of rotatable bonds is 6. The van der Waals surface area contributed by atoms with Crippen LogP contribution in [0.4, 0.5) is 5.69 Å². The third kappa shape index (κ3) is 4.18. The van der Waals surface area contributed by atoms with Gasteiger partial charge in [-0.15, -0.1) is 0 Å². The minimum Gasteiger partial charge on any atom is -0.489 e. The SMILES string of the molecule is Cc1noc(C)c1COc1cccc(C(=O)Nc2cc(Cl)ccc2-n2cncn2)c1. The fourth-order valence-electron chi connectivity index (χ4n) is 2.93. The quantitative estimate of drug-likeness (QED) is 0.495. The van der Waals surface area contributed by atoms with Crippen LogP contribution in [0.25, 0.3) is 5.69 Å². The molecule has 2 heterocycles. The van der Waals surface area contributed by atoms with Gasteiger partial charge in [-0.05, 0) is 50.2 Å². The number of halogens is 1. The van der Waals surface area contributed by atoms with Crippen LogP contribution >= 0.6 is 11.6 Å². The molecule has 0 aliphatic rings. The first-order valence-corrected chi connectivity index (χ1v) is 9.49. The lowest BCUT2D eigenvalue weighted by atomic mass is 10.2. The van der Waals surface area contributed by atoms with Gasteiger partial charge in [0.1, 0.15) is 30.8 Å². The summed E-state index contributed by atoms with van der Waals surface area (Å²) in [6.45, 7) is 3.99. The van der Waals surface area contributed by atoms with Crippen LogP contribution in [-0.4, -0.2) is 25.8 Å². The van der Waals surface area contributed by atoms with Crippen molar-refractivity contribution in [3.63, 3.8) is 0 Å². The van der Waals surface area contributed by atoms with Gasteiger partial charge in [0.15, 0.2) is 0 Å². The second-order valence-corrected chi connectivity index (χ2v) is 7.01. The molecule has 0 aliphatic heterocycles. The van der Waals surface area contributed by atoms with Crippen LogP contribution < -0.4 is 10.1 Å². The first kappa shape index (κ1) is 19.7. The highest BCUT2D eigenvalue weighted by molar-refractivity contribution is 6.31. The van der Waals surface area contributed by atoms with Gasteiger partial charge in [-0.1, -0.05) is 22.8 Å². The van der Waals surface area contributed by atoms with E-state index >= 15 is 0 Å². The van der Waals surface area contributed by atoms with Crippen molar-refractivity contribution in [3.8, 4) is 11.4 Å². The maximum atomic E-state index is 12.9. The van der Waals surface area contributed by atoms with E-state index in [1.165, 1.54) is 6.33 Å². The fourth-order valence-corrected chi connectivity index (χ4v) is 3.10. The molecule has 0 saturated carbocycles. The lowest BCUT2D eigenvalue weighted by Crippen LogP contribution is -2.14. The minimum atomic E-state index is -0.304. The van der Waals surface area contributed by atoms with Gasteiger partial charge in [0.05, 0.1) is 22.6 Å². The smallest absolute Gasteiger partial charge is 0.255 e. The maximum Gasteiger partial charge on any atom is 0.255 e. The zero-order valence-corrected chi connectivity index (χ0v) is 17.1. The summed E-state index contributed by atoms with van der Waals surface area (Å²) in [5, 5.41) is 11.4. The Labute approximate surface area is 177 Å². The molecular weight excluding hydrogens is 406 g/mol. The van der Waals surface area contributed by atoms with E-state index in [1.807, 2.05) is 13.8 Å². The van der Waals surface area contributed by atoms with Gasteiger partial charge in [0.25, 0.3) is 5.91 Å². The Morgan fingerprint density at radius 2 is 2.10 bits per heavy atom. The predicted octanol–water partition coefficient (Wildman–Crippen LogP) is 4.36. The third-order valence-electron chi connectivity index (χ3n) is 4.53. The monoisotopic (exact) mass is 423 g/mol. The molecule has 8 nitrogen and oxygen atoms in total. The molecular formula is C21H18ClN5O3. The van der Waals surface area contributed by atoms with Crippen molar-refractivity contribution in [3.05, 3.63) is 82.7 Å². The highest BCUT2D eigenvalue weighted by atomic mass is 35.5. The molecule has 4 aromatic rings. The number of hydrogen-bond donors (Lipinski definition) is 1. The number of anilines is 1. The largest absolute Gasteiger partial charge is 0.489 e. The van der Waals surface area contributed by atoms with Crippen LogP contribution in [0.1, 0.15) is 27.4 Å². The molecule has 0 radical (unpaired) electrons. The number of ether oxygens (including phenoxy) is 1. The number of hydrogen-bond acceptors (Lipinski definition) is 6. The van der Waals surface area contributed by atoms with Crippen LogP contribution in [0.3, 0.4) is 0 Å². The number of aryl methyl sites for hydroxylation is 2. The van der Waals surface area contributed by atoms with Crippen molar-refractivity contribution in [1.29, 1.82) is 0 Å². The average Bonchev–Trinajstić information content (AvgIpc) is 3.37. The van der Waals surface area contributed by atoms with E-state index in [4.69, 9.17) is 20.9 Å². The van der Waals surface area contributed by atoms with Crippen molar-refractivity contribution in [2.75, 3.05) is 5.32 Å². The molecule has 2 aromatic carbocycles. The van der Waals surface area contributed by atoms with Crippen LogP contribution in [0.15, 0.2) is 59.6 Å². The van der Waals surface area contributed by atoms with E-state index in [1.54, 1.807) is 53.5 Å². The van der Waals surface area contributed by atoms with E-state index in [0.717, 1.165) is 11.3 Å². The molecule has 0 unspecified atom stereocenters. The summed E-state index contributed by atoms with van der Waals surface area (Å²) in [6, 6.07) is 12.1. The molecule has 0 saturated heterocycles. The Kier molecular flexibility index (Phi) is 5.49. The minimum absolute atomic E-state index is 0.303. The Bertz CT molecular complexity index is 1170. The Morgan fingerprint density at radius 1 is 1.23 bits per heavy atom. The summed E-state index contributed by atoms with van der Waals surface area (Å²) in [4.78, 5) is 16.8. The topological polar surface area (TPSA) is 95.1 Å². The third-order valence-corrected chi connectivity index (χ3v) is 4.77. The Balaban J connectivity index is 1.52. The summed E-state index contributed by atoms with van der Waals surface area (Å²) in [7, 11) is 0. The van der Waals surface area contributed by atoms with E-state index in [9.17, 15) is 4.79 Å². The lowest BCUT2D eigenvalue weighted by Gasteiger charge is -2.12. The summed E-state index contributed by atoms with van der Waals surface area (Å²) in [5.41, 5.74) is 3.27. The van der Waals surface area contributed by atoms with Gasteiger partial charge < -0.3 is 14.6 Å². The van der Waals surface area contributed by atoms with Crippen molar-refractivity contribution in [1.82, 2.24) is 19.9 Å². The number of nitrogens with zero attached hydrogens (tertiary/aromatic N) is 4. The first-order chi connectivity index (χ1) is 14.5. The highest BCUT2D eigenvalue weighted by Gasteiger charge is 2.14.